The van der Waals surface area contributed by atoms with Gasteiger partial charge in [0.1, 0.15) is 0 Å². The first kappa shape index (κ1) is 14.8. The van der Waals surface area contributed by atoms with Gasteiger partial charge in [-0.15, -0.1) is 5.10 Å². The van der Waals surface area contributed by atoms with Crippen LogP contribution in [0.2, 0.25) is 10.0 Å². The van der Waals surface area contributed by atoms with Crippen LogP contribution in [0.3, 0.4) is 0 Å². The first-order valence-electron chi connectivity index (χ1n) is 5.85. The van der Waals surface area contributed by atoms with Crippen molar-refractivity contribution in [2.24, 2.45) is 0 Å². The minimum Gasteiger partial charge on any atom is -0.481 e. The van der Waals surface area contributed by atoms with Gasteiger partial charge in [-0.1, -0.05) is 28.4 Å². The van der Waals surface area contributed by atoms with Gasteiger partial charge in [-0.2, -0.15) is 0 Å². The number of benzene rings is 1. The van der Waals surface area contributed by atoms with Gasteiger partial charge >= 0.3 is 5.97 Å². The predicted octanol–water partition coefficient (Wildman–Crippen LogP) is 2.14. The molecule has 0 saturated heterocycles. The Bertz CT molecular complexity index is 615. The summed E-state index contributed by atoms with van der Waals surface area (Å²) in [5.41, 5.74) is 1.46. The first-order chi connectivity index (χ1) is 9.56. The Balaban J connectivity index is 1.97. The summed E-state index contributed by atoms with van der Waals surface area (Å²) in [5.74, 6) is -0.836. The summed E-state index contributed by atoms with van der Waals surface area (Å²) in [6.45, 7) is 0.837. The molecule has 2 rings (SSSR count). The highest BCUT2D eigenvalue weighted by molar-refractivity contribution is 6.42. The Morgan fingerprint density at radius 3 is 2.85 bits per heavy atom. The lowest BCUT2D eigenvalue weighted by Gasteiger charge is -2.01. The van der Waals surface area contributed by atoms with Gasteiger partial charge in [0.25, 0.3) is 0 Å². The van der Waals surface area contributed by atoms with Crippen molar-refractivity contribution in [3.05, 3.63) is 40.1 Å². The maximum absolute atomic E-state index is 10.4. The van der Waals surface area contributed by atoms with Crippen LogP contribution in [-0.2, 0) is 11.3 Å². The summed E-state index contributed by atoms with van der Waals surface area (Å²) < 4.78 is 1.58. The number of aliphatic carboxylic acids is 1. The Kier molecular flexibility index (Phi) is 4.94. The van der Waals surface area contributed by atoms with E-state index in [1.807, 2.05) is 0 Å². The van der Waals surface area contributed by atoms with Crippen molar-refractivity contribution in [3.63, 3.8) is 0 Å². The SMILES string of the molecule is O=C(O)CCNCc1cn(-c2ccc(Cl)c(Cl)c2)nn1. The third-order valence-corrected chi connectivity index (χ3v) is 3.27. The van der Waals surface area contributed by atoms with Gasteiger partial charge in [-0.25, -0.2) is 4.68 Å². The van der Waals surface area contributed by atoms with E-state index in [0.29, 0.717) is 28.8 Å². The van der Waals surface area contributed by atoms with Crippen LogP contribution < -0.4 is 5.32 Å². The van der Waals surface area contributed by atoms with E-state index in [4.69, 9.17) is 28.3 Å². The Labute approximate surface area is 125 Å². The molecule has 0 amide bonds. The molecule has 0 atom stereocenters. The highest BCUT2D eigenvalue weighted by Crippen LogP contribution is 2.24. The van der Waals surface area contributed by atoms with E-state index < -0.39 is 5.97 Å². The molecule has 0 bridgehead atoms. The molecule has 0 aliphatic heterocycles. The van der Waals surface area contributed by atoms with Crippen LogP contribution in [0.4, 0.5) is 0 Å². The number of carboxylic acids is 1. The molecule has 0 spiro atoms. The van der Waals surface area contributed by atoms with E-state index in [9.17, 15) is 4.79 Å². The normalized spacial score (nSPS) is 10.7. The minimum absolute atomic E-state index is 0.0704. The molecule has 0 unspecified atom stereocenters. The van der Waals surface area contributed by atoms with Gasteiger partial charge < -0.3 is 10.4 Å². The van der Waals surface area contributed by atoms with Crippen LogP contribution in [0, 0.1) is 0 Å². The van der Waals surface area contributed by atoms with Crippen LogP contribution in [0.15, 0.2) is 24.4 Å². The van der Waals surface area contributed by atoms with Crippen LogP contribution >= 0.6 is 23.2 Å². The van der Waals surface area contributed by atoms with Crippen molar-refractivity contribution in [2.45, 2.75) is 13.0 Å². The fourth-order valence-electron chi connectivity index (χ4n) is 1.54. The molecule has 2 N–H and O–H groups in total. The molecule has 106 valence electrons. The summed E-state index contributed by atoms with van der Waals surface area (Å²) in [5, 5.41) is 20.4. The van der Waals surface area contributed by atoms with Crippen molar-refractivity contribution < 1.29 is 9.90 Å². The number of rotatable bonds is 6. The number of hydrogen-bond donors (Lipinski definition) is 2. The summed E-state index contributed by atoms with van der Waals surface area (Å²) in [7, 11) is 0. The maximum Gasteiger partial charge on any atom is 0.304 e. The van der Waals surface area contributed by atoms with Crippen LogP contribution in [0.1, 0.15) is 12.1 Å². The number of hydrogen-bond acceptors (Lipinski definition) is 4. The zero-order valence-electron chi connectivity index (χ0n) is 10.4. The third kappa shape index (κ3) is 3.93. The zero-order valence-corrected chi connectivity index (χ0v) is 11.9. The highest BCUT2D eigenvalue weighted by atomic mass is 35.5. The van der Waals surface area contributed by atoms with E-state index in [2.05, 4.69) is 15.6 Å². The number of halogens is 2. The molecule has 6 nitrogen and oxygen atoms in total. The van der Waals surface area contributed by atoms with E-state index >= 15 is 0 Å². The van der Waals surface area contributed by atoms with Crippen LogP contribution in [0.25, 0.3) is 5.69 Å². The minimum atomic E-state index is -0.836. The maximum atomic E-state index is 10.4. The van der Waals surface area contributed by atoms with Crippen molar-refractivity contribution in [1.29, 1.82) is 0 Å². The Morgan fingerprint density at radius 2 is 2.15 bits per heavy atom. The molecule has 2 aromatic rings. The lowest BCUT2D eigenvalue weighted by molar-refractivity contribution is -0.136. The first-order valence-corrected chi connectivity index (χ1v) is 6.61. The largest absolute Gasteiger partial charge is 0.481 e. The molecule has 1 aromatic carbocycles. The second-order valence-electron chi connectivity index (χ2n) is 4.07. The summed E-state index contributed by atoms with van der Waals surface area (Å²) in [4.78, 5) is 10.4. The number of carbonyl (C=O) groups is 1. The summed E-state index contributed by atoms with van der Waals surface area (Å²) in [6.07, 6.45) is 1.81. The van der Waals surface area contributed by atoms with Gasteiger partial charge in [0.05, 0.1) is 34.0 Å². The molecule has 8 heteroatoms. The molecule has 0 radical (unpaired) electrons. The lowest BCUT2D eigenvalue weighted by atomic mass is 10.3. The van der Waals surface area contributed by atoms with Crippen LogP contribution in [-0.4, -0.2) is 32.6 Å². The third-order valence-electron chi connectivity index (χ3n) is 2.53. The monoisotopic (exact) mass is 314 g/mol. The highest BCUT2D eigenvalue weighted by Gasteiger charge is 2.05. The quantitative estimate of drug-likeness (QED) is 0.798. The molecule has 0 aliphatic rings. The zero-order chi connectivity index (χ0) is 14.5. The van der Waals surface area contributed by atoms with Gasteiger partial charge in [0, 0.05) is 13.1 Å². The van der Waals surface area contributed by atoms with E-state index in [-0.39, 0.29) is 6.42 Å². The topological polar surface area (TPSA) is 80.0 Å². The molecule has 1 heterocycles. The summed E-state index contributed by atoms with van der Waals surface area (Å²) in [6, 6.07) is 5.16. The molecule has 0 fully saturated rings. The van der Waals surface area contributed by atoms with E-state index in [0.717, 1.165) is 5.69 Å². The van der Waals surface area contributed by atoms with Gasteiger partial charge in [0.15, 0.2) is 0 Å². The smallest absolute Gasteiger partial charge is 0.304 e. The second kappa shape index (κ2) is 6.69. The summed E-state index contributed by atoms with van der Waals surface area (Å²) >= 11 is 11.8. The van der Waals surface area contributed by atoms with Gasteiger partial charge in [0.2, 0.25) is 0 Å². The van der Waals surface area contributed by atoms with E-state index in [1.54, 1.807) is 29.1 Å². The van der Waals surface area contributed by atoms with Crippen molar-refractivity contribution in [3.8, 4) is 5.69 Å². The fourth-order valence-corrected chi connectivity index (χ4v) is 1.84. The predicted molar refractivity (Wildman–Crippen MR) is 75.3 cm³/mol. The molecule has 0 saturated carbocycles. The number of nitrogens with one attached hydrogen (secondary N) is 1. The molecular formula is C12H12Cl2N4O2. The molecule has 0 aliphatic carbocycles. The Morgan fingerprint density at radius 1 is 1.35 bits per heavy atom. The number of carboxylic acid groups (broad SMARTS) is 1. The molecule has 20 heavy (non-hydrogen) atoms. The molecular weight excluding hydrogens is 303 g/mol. The second-order valence-corrected chi connectivity index (χ2v) is 4.89. The number of aromatic nitrogens is 3. The average molecular weight is 315 g/mol. The fraction of sp³-hybridized carbons (Fsp3) is 0.250. The van der Waals surface area contributed by atoms with Crippen molar-refractivity contribution >= 4 is 29.2 Å². The van der Waals surface area contributed by atoms with E-state index in [1.165, 1.54) is 0 Å². The Hall–Kier alpha value is -1.63. The van der Waals surface area contributed by atoms with Crippen molar-refractivity contribution in [2.75, 3.05) is 6.54 Å². The average Bonchev–Trinajstić information content (AvgIpc) is 2.86. The number of nitrogens with zero attached hydrogens (tertiary/aromatic N) is 3. The standard InChI is InChI=1S/C12H12Cl2N4O2/c13-10-2-1-9(5-11(10)14)18-7-8(16-17-18)6-15-4-3-12(19)20/h1-2,5,7,15H,3-4,6H2,(H,19,20). The van der Waals surface area contributed by atoms with Gasteiger partial charge in [-0.3, -0.25) is 4.79 Å². The lowest BCUT2D eigenvalue weighted by Crippen LogP contribution is -2.17. The van der Waals surface area contributed by atoms with Gasteiger partial charge in [-0.05, 0) is 18.2 Å². The molecule has 1 aromatic heterocycles. The van der Waals surface area contributed by atoms with Crippen molar-refractivity contribution in [1.82, 2.24) is 20.3 Å². The van der Waals surface area contributed by atoms with Crippen LogP contribution in [0.5, 0.6) is 0 Å².